The Hall–Kier alpha value is -3.09. The Bertz CT molecular complexity index is 928. The molecule has 30 heavy (non-hydrogen) atoms. The lowest BCUT2D eigenvalue weighted by atomic mass is 10.0. The lowest BCUT2D eigenvalue weighted by Crippen LogP contribution is -2.34. The van der Waals surface area contributed by atoms with Crippen molar-refractivity contribution >= 4 is 23.2 Å². The van der Waals surface area contributed by atoms with E-state index in [1.807, 2.05) is 24.3 Å². The van der Waals surface area contributed by atoms with Crippen molar-refractivity contribution in [2.24, 2.45) is 5.92 Å². The first-order valence-electron chi connectivity index (χ1n) is 10.3. The van der Waals surface area contributed by atoms with Gasteiger partial charge in [-0.05, 0) is 61.1 Å². The van der Waals surface area contributed by atoms with E-state index in [1.165, 1.54) is 11.0 Å². The van der Waals surface area contributed by atoms with Crippen LogP contribution in [-0.2, 0) is 9.59 Å². The molecule has 1 aliphatic heterocycles. The van der Waals surface area contributed by atoms with E-state index < -0.39 is 5.82 Å². The molecule has 158 valence electrons. The van der Waals surface area contributed by atoms with E-state index in [0.717, 1.165) is 30.6 Å². The molecular formula is C23H26FN3O3. The number of hydrogen-bond donors (Lipinski definition) is 2. The summed E-state index contributed by atoms with van der Waals surface area (Å²) in [4.78, 5) is 25.8. The van der Waals surface area contributed by atoms with Crippen molar-refractivity contribution in [2.75, 3.05) is 30.4 Å². The number of methoxy groups -OCH3 is 1. The second kappa shape index (κ2) is 8.73. The lowest BCUT2D eigenvalue weighted by Gasteiger charge is -2.20. The highest BCUT2D eigenvalue weighted by atomic mass is 19.1. The summed E-state index contributed by atoms with van der Waals surface area (Å²) in [5.41, 5.74) is 1.85. The molecule has 2 fully saturated rings. The number of anilines is 2. The Morgan fingerprint density at radius 1 is 1.23 bits per heavy atom. The molecule has 1 atom stereocenters. The molecule has 4 rings (SSSR count). The van der Waals surface area contributed by atoms with Crippen molar-refractivity contribution < 1.29 is 18.7 Å². The number of benzene rings is 2. The number of halogens is 1. The summed E-state index contributed by atoms with van der Waals surface area (Å²) >= 11 is 0. The molecule has 1 unspecified atom stereocenters. The van der Waals surface area contributed by atoms with Crippen LogP contribution in [-0.4, -0.2) is 32.0 Å². The van der Waals surface area contributed by atoms with Gasteiger partial charge in [-0.2, -0.15) is 0 Å². The third-order valence-electron chi connectivity index (χ3n) is 5.65. The first-order valence-corrected chi connectivity index (χ1v) is 10.3. The summed E-state index contributed by atoms with van der Waals surface area (Å²) in [5, 5.41) is 6.06. The second-order valence-electron chi connectivity index (χ2n) is 7.82. The summed E-state index contributed by atoms with van der Waals surface area (Å²) in [5.74, 6) is 0.546. The van der Waals surface area contributed by atoms with Crippen LogP contribution in [0.1, 0.15) is 37.3 Å². The molecule has 2 aromatic rings. The largest absolute Gasteiger partial charge is 0.497 e. The molecule has 1 saturated carbocycles. The van der Waals surface area contributed by atoms with Gasteiger partial charge in [0.25, 0.3) is 0 Å². The van der Waals surface area contributed by atoms with E-state index in [9.17, 15) is 14.0 Å². The molecule has 2 N–H and O–H groups in total. The second-order valence-corrected chi connectivity index (χ2v) is 7.82. The normalized spacial score (nSPS) is 17.0. The fraction of sp³-hybridized carbons (Fsp3) is 0.391. The fourth-order valence-corrected chi connectivity index (χ4v) is 3.86. The molecule has 2 amide bonds. The zero-order valence-electron chi connectivity index (χ0n) is 17.0. The molecule has 1 saturated heterocycles. The topological polar surface area (TPSA) is 70.7 Å². The van der Waals surface area contributed by atoms with Gasteiger partial charge in [0.1, 0.15) is 11.6 Å². The Labute approximate surface area is 175 Å². The number of nitrogens with zero attached hydrogens (tertiary/aromatic N) is 1. The van der Waals surface area contributed by atoms with E-state index >= 15 is 0 Å². The number of ether oxygens (including phenoxy) is 1. The average Bonchev–Trinajstić information content (AvgIpc) is 3.51. The highest BCUT2D eigenvalue weighted by Crippen LogP contribution is 2.41. The van der Waals surface area contributed by atoms with Crippen molar-refractivity contribution in [2.45, 2.75) is 31.7 Å². The predicted molar refractivity (Wildman–Crippen MR) is 113 cm³/mol. The highest BCUT2D eigenvalue weighted by molar-refractivity contribution is 5.95. The van der Waals surface area contributed by atoms with Crippen LogP contribution in [0.25, 0.3) is 0 Å². The van der Waals surface area contributed by atoms with Crippen LogP contribution in [0.3, 0.4) is 0 Å². The Balaban J connectivity index is 1.35. The summed E-state index contributed by atoms with van der Waals surface area (Å²) < 4.78 is 19.7. The van der Waals surface area contributed by atoms with Gasteiger partial charge in [0.05, 0.1) is 25.4 Å². The van der Waals surface area contributed by atoms with E-state index in [4.69, 9.17) is 4.74 Å². The molecule has 0 spiro atoms. The van der Waals surface area contributed by atoms with Gasteiger partial charge in [0.15, 0.2) is 0 Å². The Morgan fingerprint density at radius 3 is 2.60 bits per heavy atom. The van der Waals surface area contributed by atoms with Crippen LogP contribution in [0.4, 0.5) is 15.8 Å². The van der Waals surface area contributed by atoms with Crippen LogP contribution in [0.2, 0.25) is 0 Å². The third-order valence-corrected chi connectivity index (χ3v) is 5.65. The van der Waals surface area contributed by atoms with Crippen molar-refractivity contribution in [1.82, 2.24) is 5.32 Å². The standard InChI is InChI=1S/C23H26FN3O3/c1-30-18-9-6-16(7-10-18)23(15-4-5-15)26-21(28)14-25-17-8-11-20(19(24)13-17)27-12-2-3-22(27)29/h6-11,13,15,23,25H,2-5,12,14H2,1H3,(H,26,28). The number of rotatable bonds is 8. The van der Waals surface area contributed by atoms with Crippen molar-refractivity contribution in [3.05, 3.63) is 53.8 Å². The number of hydrogen-bond acceptors (Lipinski definition) is 4. The first-order chi connectivity index (χ1) is 14.5. The van der Waals surface area contributed by atoms with Crippen LogP contribution in [0.15, 0.2) is 42.5 Å². The number of nitrogens with one attached hydrogen (secondary N) is 2. The van der Waals surface area contributed by atoms with Gasteiger partial charge in [-0.1, -0.05) is 12.1 Å². The molecule has 0 aromatic heterocycles. The fourth-order valence-electron chi connectivity index (χ4n) is 3.86. The van der Waals surface area contributed by atoms with Gasteiger partial charge < -0.3 is 20.3 Å². The zero-order chi connectivity index (χ0) is 21.1. The molecule has 2 aliphatic rings. The first kappa shape index (κ1) is 20.2. The lowest BCUT2D eigenvalue weighted by molar-refractivity contribution is -0.120. The number of amides is 2. The third kappa shape index (κ3) is 4.56. The molecule has 1 heterocycles. The minimum atomic E-state index is -0.468. The van der Waals surface area contributed by atoms with Gasteiger partial charge in [-0.3, -0.25) is 9.59 Å². The van der Waals surface area contributed by atoms with E-state index in [-0.39, 0.29) is 24.4 Å². The maximum Gasteiger partial charge on any atom is 0.239 e. The molecule has 1 aliphatic carbocycles. The van der Waals surface area contributed by atoms with Gasteiger partial charge in [0, 0.05) is 18.7 Å². The zero-order valence-corrected chi connectivity index (χ0v) is 17.0. The highest BCUT2D eigenvalue weighted by Gasteiger charge is 2.33. The van der Waals surface area contributed by atoms with Gasteiger partial charge >= 0.3 is 0 Å². The summed E-state index contributed by atoms with van der Waals surface area (Å²) in [6.07, 6.45) is 3.38. The van der Waals surface area contributed by atoms with Gasteiger partial charge in [-0.15, -0.1) is 0 Å². The molecule has 0 radical (unpaired) electrons. The summed E-state index contributed by atoms with van der Waals surface area (Å²) in [6.45, 7) is 0.583. The van der Waals surface area contributed by atoms with E-state index in [1.54, 1.807) is 19.2 Å². The van der Waals surface area contributed by atoms with Crippen LogP contribution in [0.5, 0.6) is 5.75 Å². The molecule has 6 nitrogen and oxygen atoms in total. The van der Waals surface area contributed by atoms with E-state index in [0.29, 0.717) is 30.3 Å². The molecule has 2 aromatic carbocycles. The van der Waals surface area contributed by atoms with Crippen molar-refractivity contribution in [3.8, 4) is 5.75 Å². The summed E-state index contributed by atoms with van der Waals surface area (Å²) in [7, 11) is 1.62. The monoisotopic (exact) mass is 411 g/mol. The molecule has 0 bridgehead atoms. The number of carbonyl (C=O) groups excluding carboxylic acids is 2. The van der Waals surface area contributed by atoms with Gasteiger partial charge in [-0.25, -0.2) is 4.39 Å². The van der Waals surface area contributed by atoms with Crippen LogP contribution < -0.4 is 20.3 Å². The van der Waals surface area contributed by atoms with E-state index in [2.05, 4.69) is 10.6 Å². The predicted octanol–water partition coefficient (Wildman–Crippen LogP) is 3.64. The maximum absolute atomic E-state index is 14.5. The molecular weight excluding hydrogens is 385 g/mol. The smallest absolute Gasteiger partial charge is 0.239 e. The van der Waals surface area contributed by atoms with Gasteiger partial charge in [0.2, 0.25) is 11.8 Å². The SMILES string of the molecule is COc1ccc(C(NC(=O)CNc2ccc(N3CCCC3=O)c(F)c2)C2CC2)cc1. The molecule has 7 heteroatoms. The van der Waals surface area contributed by atoms with Crippen LogP contribution in [0, 0.1) is 11.7 Å². The number of carbonyl (C=O) groups is 2. The van der Waals surface area contributed by atoms with Crippen molar-refractivity contribution in [3.63, 3.8) is 0 Å². The minimum Gasteiger partial charge on any atom is -0.497 e. The average molecular weight is 411 g/mol. The quantitative estimate of drug-likeness (QED) is 0.696. The maximum atomic E-state index is 14.5. The Kier molecular flexibility index (Phi) is 5.88. The van der Waals surface area contributed by atoms with Crippen LogP contribution >= 0.6 is 0 Å². The van der Waals surface area contributed by atoms with Crippen molar-refractivity contribution in [1.29, 1.82) is 0 Å². The summed E-state index contributed by atoms with van der Waals surface area (Å²) in [6, 6.07) is 12.3. The minimum absolute atomic E-state index is 0.0366. The Morgan fingerprint density at radius 2 is 2.00 bits per heavy atom.